The minimum atomic E-state index is 0.188. The molecule has 116 valence electrons. The molecular formula is C17H26ClN3. The summed E-state index contributed by atoms with van der Waals surface area (Å²) in [6, 6.07) is 7.26. The smallest absolute Gasteiger partial charge is 0.0642 e. The molecule has 0 atom stereocenters. The second-order valence-electron chi connectivity index (χ2n) is 7.10. The van der Waals surface area contributed by atoms with Gasteiger partial charge in [0, 0.05) is 37.8 Å². The largest absolute Gasteiger partial charge is 0.367 e. The van der Waals surface area contributed by atoms with Gasteiger partial charge in [0.15, 0.2) is 0 Å². The lowest BCUT2D eigenvalue weighted by Crippen LogP contribution is -2.57. The van der Waals surface area contributed by atoms with Gasteiger partial charge in [0.2, 0.25) is 0 Å². The van der Waals surface area contributed by atoms with Crippen LogP contribution in [0.5, 0.6) is 0 Å². The lowest BCUT2D eigenvalue weighted by molar-refractivity contribution is 0.139. The Labute approximate surface area is 133 Å². The Balaban J connectivity index is 1.70. The number of rotatable bonds is 4. The molecule has 0 spiro atoms. The number of nitrogens with zero attached hydrogens (tertiary/aromatic N) is 2. The highest BCUT2D eigenvalue weighted by Gasteiger charge is 2.31. The standard InChI is InChI=1S/C17H26ClN3/c1-17(2)12-21(9-8-20(17)3)16-7-4-13(10-15(16)18)11-19-14-5-6-14/h4,7,10,14,19H,5-6,8-9,11-12H2,1-3H3. The van der Waals surface area contributed by atoms with Crippen molar-refractivity contribution in [3.05, 3.63) is 28.8 Å². The molecule has 0 aromatic heterocycles. The third kappa shape index (κ3) is 3.53. The van der Waals surface area contributed by atoms with E-state index in [0.717, 1.165) is 37.2 Å². The fourth-order valence-electron chi connectivity index (χ4n) is 2.91. The highest BCUT2D eigenvalue weighted by molar-refractivity contribution is 6.33. The molecule has 0 amide bonds. The third-order valence-electron chi connectivity index (χ3n) is 4.84. The van der Waals surface area contributed by atoms with E-state index in [4.69, 9.17) is 11.6 Å². The second kappa shape index (κ2) is 5.79. The van der Waals surface area contributed by atoms with Crippen molar-refractivity contribution in [1.29, 1.82) is 0 Å². The van der Waals surface area contributed by atoms with E-state index in [-0.39, 0.29) is 5.54 Å². The van der Waals surface area contributed by atoms with E-state index < -0.39 is 0 Å². The van der Waals surface area contributed by atoms with E-state index in [9.17, 15) is 0 Å². The molecular weight excluding hydrogens is 282 g/mol. The predicted octanol–water partition coefficient (Wildman–Crippen LogP) is 3.12. The molecule has 0 bridgehead atoms. The summed E-state index contributed by atoms with van der Waals surface area (Å²) in [6.45, 7) is 8.65. The second-order valence-corrected chi connectivity index (χ2v) is 7.50. The molecule has 1 saturated heterocycles. The molecule has 3 rings (SSSR count). The first kappa shape index (κ1) is 15.1. The van der Waals surface area contributed by atoms with Crippen LogP contribution in [0.1, 0.15) is 32.3 Å². The Morgan fingerprint density at radius 3 is 2.67 bits per heavy atom. The van der Waals surface area contributed by atoms with E-state index in [1.165, 1.54) is 24.1 Å². The van der Waals surface area contributed by atoms with Crippen LogP contribution < -0.4 is 10.2 Å². The van der Waals surface area contributed by atoms with Crippen molar-refractivity contribution in [2.45, 2.75) is 44.8 Å². The molecule has 2 aliphatic rings. The summed E-state index contributed by atoms with van der Waals surface area (Å²) in [6.07, 6.45) is 2.64. The molecule has 1 aliphatic carbocycles. The highest BCUT2D eigenvalue weighted by atomic mass is 35.5. The molecule has 1 N–H and O–H groups in total. The lowest BCUT2D eigenvalue weighted by Gasteiger charge is -2.46. The Kier molecular flexibility index (Phi) is 4.17. The van der Waals surface area contributed by atoms with Gasteiger partial charge >= 0.3 is 0 Å². The average molecular weight is 308 g/mol. The van der Waals surface area contributed by atoms with Crippen LogP contribution in [-0.4, -0.2) is 43.2 Å². The van der Waals surface area contributed by atoms with Crippen LogP contribution >= 0.6 is 11.6 Å². The number of piperazine rings is 1. The summed E-state index contributed by atoms with van der Waals surface area (Å²) in [4.78, 5) is 4.84. The van der Waals surface area contributed by atoms with Gasteiger partial charge in [0.25, 0.3) is 0 Å². The van der Waals surface area contributed by atoms with Crippen LogP contribution in [0.3, 0.4) is 0 Å². The maximum Gasteiger partial charge on any atom is 0.0642 e. The molecule has 21 heavy (non-hydrogen) atoms. The molecule has 0 unspecified atom stereocenters. The number of nitrogens with one attached hydrogen (secondary N) is 1. The quantitative estimate of drug-likeness (QED) is 0.922. The zero-order valence-electron chi connectivity index (χ0n) is 13.3. The zero-order valence-corrected chi connectivity index (χ0v) is 14.1. The van der Waals surface area contributed by atoms with Crippen molar-refractivity contribution in [1.82, 2.24) is 10.2 Å². The van der Waals surface area contributed by atoms with E-state index >= 15 is 0 Å². The zero-order chi connectivity index (χ0) is 15.0. The molecule has 1 aliphatic heterocycles. The first-order valence-electron chi connectivity index (χ1n) is 7.94. The van der Waals surface area contributed by atoms with Crippen LogP contribution in [0, 0.1) is 0 Å². The summed E-state index contributed by atoms with van der Waals surface area (Å²) in [5, 5.41) is 4.42. The van der Waals surface area contributed by atoms with Crippen molar-refractivity contribution >= 4 is 17.3 Å². The highest BCUT2D eigenvalue weighted by Crippen LogP contribution is 2.31. The first-order valence-corrected chi connectivity index (χ1v) is 8.31. The SMILES string of the molecule is CN1CCN(c2ccc(CNC3CC3)cc2Cl)CC1(C)C. The van der Waals surface area contributed by atoms with Gasteiger partial charge in [0.1, 0.15) is 0 Å². The molecule has 2 fully saturated rings. The normalized spacial score (nSPS) is 22.6. The van der Waals surface area contributed by atoms with Gasteiger partial charge in [-0.3, -0.25) is 4.90 Å². The van der Waals surface area contributed by atoms with Gasteiger partial charge in [-0.25, -0.2) is 0 Å². The molecule has 4 heteroatoms. The maximum atomic E-state index is 6.54. The number of likely N-dealkylation sites (N-methyl/N-ethyl adjacent to an activating group) is 1. The van der Waals surface area contributed by atoms with Crippen LogP contribution in [0.25, 0.3) is 0 Å². The van der Waals surface area contributed by atoms with E-state index in [0.29, 0.717) is 0 Å². The Morgan fingerprint density at radius 2 is 2.05 bits per heavy atom. The van der Waals surface area contributed by atoms with Gasteiger partial charge in [-0.05, 0) is 51.4 Å². The summed E-state index contributed by atoms with van der Waals surface area (Å²) >= 11 is 6.54. The van der Waals surface area contributed by atoms with E-state index in [2.05, 4.69) is 54.2 Å². The number of hydrogen-bond donors (Lipinski definition) is 1. The van der Waals surface area contributed by atoms with Gasteiger partial charge < -0.3 is 10.2 Å². The van der Waals surface area contributed by atoms with Gasteiger partial charge in [-0.15, -0.1) is 0 Å². The molecule has 1 aromatic carbocycles. The average Bonchev–Trinajstić information content (AvgIpc) is 3.24. The van der Waals surface area contributed by atoms with Crippen LogP contribution in [0.2, 0.25) is 5.02 Å². The van der Waals surface area contributed by atoms with Crippen molar-refractivity contribution in [3.8, 4) is 0 Å². The topological polar surface area (TPSA) is 18.5 Å². The van der Waals surface area contributed by atoms with Crippen molar-refractivity contribution in [3.63, 3.8) is 0 Å². The molecule has 1 saturated carbocycles. The first-order chi connectivity index (χ1) is 9.95. The predicted molar refractivity (Wildman–Crippen MR) is 90.2 cm³/mol. The van der Waals surface area contributed by atoms with E-state index in [1.54, 1.807) is 0 Å². The van der Waals surface area contributed by atoms with Crippen LogP contribution in [0.4, 0.5) is 5.69 Å². The fourth-order valence-corrected chi connectivity index (χ4v) is 3.23. The van der Waals surface area contributed by atoms with Gasteiger partial charge in [-0.2, -0.15) is 0 Å². The van der Waals surface area contributed by atoms with Gasteiger partial charge in [0.05, 0.1) is 10.7 Å². The third-order valence-corrected chi connectivity index (χ3v) is 5.14. The molecule has 1 heterocycles. The van der Waals surface area contributed by atoms with Crippen molar-refractivity contribution in [2.75, 3.05) is 31.6 Å². The maximum absolute atomic E-state index is 6.54. The number of halogens is 1. The van der Waals surface area contributed by atoms with E-state index in [1.807, 2.05) is 0 Å². The Bertz CT molecular complexity index is 511. The van der Waals surface area contributed by atoms with Crippen molar-refractivity contribution in [2.24, 2.45) is 0 Å². The van der Waals surface area contributed by atoms with Gasteiger partial charge in [-0.1, -0.05) is 17.7 Å². The summed E-state index contributed by atoms with van der Waals surface area (Å²) in [5.41, 5.74) is 2.64. The molecule has 1 aromatic rings. The summed E-state index contributed by atoms with van der Waals surface area (Å²) < 4.78 is 0. The fraction of sp³-hybridized carbons (Fsp3) is 0.647. The Hall–Kier alpha value is -0.770. The number of hydrogen-bond acceptors (Lipinski definition) is 3. The summed E-state index contributed by atoms with van der Waals surface area (Å²) in [5.74, 6) is 0. The number of benzene rings is 1. The monoisotopic (exact) mass is 307 g/mol. The lowest BCUT2D eigenvalue weighted by atomic mass is 9.99. The number of anilines is 1. The van der Waals surface area contributed by atoms with Crippen LogP contribution in [0.15, 0.2) is 18.2 Å². The summed E-state index contributed by atoms with van der Waals surface area (Å²) in [7, 11) is 2.20. The minimum Gasteiger partial charge on any atom is -0.367 e. The van der Waals surface area contributed by atoms with Crippen LogP contribution in [-0.2, 0) is 6.54 Å². The van der Waals surface area contributed by atoms with Crippen molar-refractivity contribution < 1.29 is 0 Å². The minimum absolute atomic E-state index is 0.188. The Morgan fingerprint density at radius 1 is 1.29 bits per heavy atom. The molecule has 0 radical (unpaired) electrons. The molecule has 3 nitrogen and oxygen atoms in total.